The van der Waals surface area contributed by atoms with Gasteiger partial charge in [0.25, 0.3) is 12.2 Å². The first-order valence-corrected chi connectivity index (χ1v) is 5.58. The maximum atomic E-state index is 12.8. The van der Waals surface area contributed by atoms with Gasteiger partial charge >= 0.3 is 0 Å². The second-order valence-corrected chi connectivity index (χ2v) is 5.01. The van der Waals surface area contributed by atoms with Crippen LogP contribution < -0.4 is 0 Å². The lowest BCUT2D eigenvalue weighted by Crippen LogP contribution is -2.54. The third-order valence-corrected chi connectivity index (χ3v) is 4.17. The summed E-state index contributed by atoms with van der Waals surface area (Å²) in [6.45, 7) is 0. The fraction of sp³-hybridized carbons (Fsp3) is 0.818. The van der Waals surface area contributed by atoms with E-state index < -0.39 is 17.8 Å². The molecule has 0 saturated heterocycles. The molecule has 1 aliphatic heterocycles. The van der Waals surface area contributed by atoms with E-state index >= 15 is 0 Å². The normalized spacial score (nSPS) is 43.8. The van der Waals surface area contributed by atoms with Crippen molar-refractivity contribution in [1.29, 1.82) is 0 Å². The monoisotopic (exact) mass is 232 g/mol. The van der Waals surface area contributed by atoms with Gasteiger partial charge in [0, 0.05) is 11.8 Å². The fourth-order valence-electron chi connectivity index (χ4n) is 3.42. The Balaban J connectivity index is 1.87. The van der Waals surface area contributed by atoms with Crippen molar-refractivity contribution in [2.75, 3.05) is 0 Å². The van der Waals surface area contributed by atoms with Crippen molar-refractivity contribution in [3.05, 3.63) is 12.5 Å². The van der Waals surface area contributed by atoms with Gasteiger partial charge in [0.2, 0.25) is 0 Å². The van der Waals surface area contributed by atoms with Crippen LogP contribution in [0.15, 0.2) is 12.5 Å². The Bertz CT molecular complexity index is 305. The summed E-state index contributed by atoms with van der Waals surface area (Å²) in [5.41, 5.74) is -1.85. The standard InChI is InChI=1S/C11H14F2O3/c12-9(13)10(14)5-7-1-2-8(6-10)11(7)15-3-4-16-11/h3-4,7-9,14H,1-2,5-6H2/t7-,8+,10?. The number of hydrogen-bond donors (Lipinski definition) is 1. The van der Waals surface area contributed by atoms with Crippen molar-refractivity contribution in [3.8, 4) is 0 Å². The molecule has 1 spiro atoms. The van der Waals surface area contributed by atoms with E-state index in [1.807, 2.05) is 0 Å². The lowest BCUT2D eigenvalue weighted by molar-refractivity contribution is -0.254. The van der Waals surface area contributed by atoms with E-state index in [9.17, 15) is 13.9 Å². The summed E-state index contributed by atoms with van der Waals surface area (Å²) in [6, 6.07) is 0. The van der Waals surface area contributed by atoms with Gasteiger partial charge < -0.3 is 14.6 Å². The minimum Gasteiger partial charge on any atom is -0.456 e. The highest BCUT2D eigenvalue weighted by Gasteiger charge is 2.64. The molecule has 2 fully saturated rings. The Morgan fingerprint density at radius 2 is 1.62 bits per heavy atom. The van der Waals surface area contributed by atoms with Crippen LogP contribution in [0.1, 0.15) is 25.7 Å². The van der Waals surface area contributed by atoms with Crippen molar-refractivity contribution in [2.45, 2.75) is 43.5 Å². The quantitative estimate of drug-likeness (QED) is 0.751. The summed E-state index contributed by atoms with van der Waals surface area (Å²) >= 11 is 0. The SMILES string of the molecule is OC1(C(F)F)C[C@H]2CC[C@@H](C1)C21OC=CO1. The molecule has 0 aromatic rings. The van der Waals surface area contributed by atoms with Crippen LogP contribution >= 0.6 is 0 Å². The third kappa shape index (κ3) is 1.15. The van der Waals surface area contributed by atoms with Crippen molar-refractivity contribution in [1.82, 2.24) is 0 Å². The maximum absolute atomic E-state index is 12.8. The van der Waals surface area contributed by atoms with Crippen LogP contribution in [0.25, 0.3) is 0 Å². The highest BCUT2D eigenvalue weighted by Crippen LogP contribution is 2.57. The largest absolute Gasteiger partial charge is 0.456 e. The molecule has 2 saturated carbocycles. The minimum atomic E-state index is -2.69. The zero-order chi connectivity index (χ0) is 11.4. The van der Waals surface area contributed by atoms with Gasteiger partial charge in [0.1, 0.15) is 18.1 Å². The van der Waals surface area contributed by atoms with Gasteiger partial charge in [-0.15, -0.1) is 0 Å². The molecule has 0 radical (unpaired) electrons. The average Bonchev–Trinajstić information content (AvgIpc) is 2.77. The van der Waals surface area contributed by atoms with Crippen LogP contribution in [0.2, 0.25) is 0 Å². The summed E-state index contributed by atoms with van der Waals surface area (Å²) < 4.78 is 36.6. The zero-order valence-electron chi connectivity index (χ0n) is 8.73. The van der Waals surface area contributed by atoms with Gasteiger partial charge in [0.05, 0.1) is 0 Å². The Labute approximate surface area is 92.0 Å². The molecule has 90 valence electrons. The molecule has 5 heteroatoms. The summed E-state index contributed by atoms with van der Waals surface area (Å²) in [7, 11) is 0. The molecule has 3 atom stereocenters. The molecule has 1 heterocycles. The molecule has 3 aliphatic rings. The molecular formula is C11H14F2O3. The van der Waals surface area contributed by atoms with E-state index in [1.54, 1.807) is 0 Å². The minimum absolute atomic E-state index is 0.0584. The Morgan fingerprint density at radius 3 is 2.06 bits per heavy atom. The van der Waals surface area contributed by atoms with Crippen LogP contribution in [0.5, 0.6) is 0 Å². The highest BCUT2D eigenvalue weighted by molar-refractivity contribution is 5.08. The van der Waals surface area contributed by atoms with E-state index in [1.165, 1.54) is 12.5 Å². The maximum Gasteiger partial charge on any atom is 0.266 e. The zero-order valence-corrected chi connectivity index (χ0v) is 8.73. The summed E-state index contributed by atoms with van der Waals surface area (Å²) in [5.74, 6) is -1.04. The topological polar surface area (TPSA) is 38.7 Å². The van der Waals surface area contributed by atoms with E-state index in [0.717, 1.165) is 12.8 Å². The van der Waals surface area contributed by atoms with Crippen LogP contribution in [0.4, 0.5) is 8.78 Å². The molecule has 0 aromatic carbocycles. The summed E-state index contributed by atoms with van der Waals surface area (Å²) in [6.07, 6.45) is 1.92. The number of hydrogen-bond acceptors (Lipinski definition) is 3. The molecule has 2 aliphatic carbocycles. The van der Waals surface area contributed by atoms with Crippen LogP contribution in [0, 0.1) is 11.8 Å². The van der Waals surface area contributed by atoms with E-state index in [0.29, 0.717) is 0 Å². The van der Waals surface area contributed by atoms with E-state index in [4.69, 9.17) is 9.47 Å². The van der Waals surface area contributed by atoms with Gasteiger partial charge in [-0.05, 0) is 25.7 Å². The molecule has 0 amide bonds. The third-order valence-electron chi connectivity index (χ3n) is 4.17. The lowest BCUT2D eigenvalue weighted by Gasteiger charge is -2.45. The Hall–Kier alpha value is -0.840. The molecule has 3 nitrogen and oxygen atoms in total. The van der Waals surface area contributed by atoms with Crippen LogP contribution in [-0.2, 0) is 9.47 Å². The molecule has 16 heavy (non-hydrogen) atoms. The Morgan fingerprint density at radius 1 is 1.12 bits per heavy atom. The van der Waals surface area contributed by atoms with Gasteiger partial charge in [0.15, 0.2) is 0 Å². The van der Waals surface area contributed by atoms with Gasteiger partial charge in [-0.1, -0.05) is 0 Å². The first-order chi connectivity index (χ1) is 7.57. The average molecular weight is 232 g/mol. The predicted octanol–water partition coefficient (Wildman–Crippen LogP) is 2.02. The predicted molar refractivity (Wildman–Crippen MR) is 50.4 cm³/mol. The molecule has 2 bridgehead atoms. The number of halogens is 2. The lowest BCUT2D eigenvalue weighted by atomic mass is 9.73. The first kappa shape index (κ1) is 10.3. The second-order valence-electron chi connectivity index (χ2n) is 5.01. The number of aliphatic hydroxyl groups is 1. The van der Waals surface area contributed by atoms with Crippen LogP contribution in [-0.4, -0.2) is 22.9 Å². The molecule has 1 unspecified atom stereocenters. The van der Waals surface area contributed by atoms with E-state index in [-0.39, 0.29) is 24.7 Å². The number of alkyl halides is 2. The second kappa shape index (κ2) is 3.09. The fourth-order valence-corrected chi connectivity index (χ4v) is 3.42. The Kier molecular flexibility index (Phi) is 2.00. The summed E-state index contributed by atoms with van der Waals surface area (Å²) in [4.78, 5) is 0. The molecule has 3 rings (SSSR count). The molecule has 0 aromatic heterocycles. The number of rotatable bonds is 1. The van der Waals surface area contributed by atoms with Gasteiger partial charge in [-0.2, -0.15) is 0 Å². The number of ether oxygens (including phenoxy) is 2. The summed E-state index contributed by atoms with van der Waals surface area (Å²) in [5, 5.41) is 9.89. The van der Waals surface area contributed by atoms with Crippen molar-refractivity contribution in [3.63, 3.8) is 0 Å². The van der Waals surface area contributed by atoms with Crippen LogP contribution in [0.3, 0.4) is 0 Å². The highest BCUT2D eigenvalue weighted by atomic mass is 19.3. The van der Waals surface area contributed by atoms with Crippen molar-refractivity contribution >= 4 is 0 Å². The molecule has 1 N–H and O–H groups in total. The first-order valence-electron chi connectivity index (χ1n) is 5.58. The molecular weight excluding hydrogens is 218 g/mol. The van der Waals surface area contributed by atoms with Crippen molar-refractivity contribution in [2.24, 2.45) is 11.8 Å². The van der Waals surface area contributed by atoms with Gasteiger partial charge in [-0.25, -0.2) is 8.78 Å². The van der Waals surface area contributed by atoms with E-state index in [2.05, 4.69) is 0 Å². The van der Waals surface area contributed by atoms with Crippen molar-refractivity contribution < 1.29 is 23.4 Å². The van der Waals surface area contributed by atoms with Gasteiger partial charge in [-0.3, -0.25) is 0 Å². The smallest absolute Gasteiger partial charge is 0.266 e.